The number of amides is 1. The molecule has 0 radical (unpaired) electrons. The highest BCUT2D eigenvalue weighted by molar-refractivity contribution is 9.10. The van der Waals surface area contributed by atoms with E-state index < -0.39 is 0 Å². The van der Waals surface area contributed by atoms with E-state index in [1.165, 1.54) is 6.07 Å². The van der Waals surface area contributed by atoms with Crippen LogP contribution >= 0.6 is 15.9 Å². The Kier molecular flexibility index (Phi) is 3.43. The summed E-state index contributed by atoms with van der Waals surface area (Å²) in [7, 11) is 0. The molecule has 1 aromatic rings. The van der Waals surface area contributed by atoms with E-state index in [1.807, 2.05) is 4.90 Å². The minimum Gasteiger partial charge on any atom is -0.335 e. The number of halogens is 2. The van der Waals surface area contributed by atoms with E-state index in [9.17, 15) is 9.18 Å². The van der Waals surface area contributed by atoms with Crippen molar-refractivity contribution >= 4 is 21.8 Å². The van der Waals surface area contributed by atoms with E-state index in [0.717, 1.165) is 25.8 Å². The molecule has 1 heterocycles. The normalized spacial score (nSPS) is 30.5. The number of nitrogens with zero attached hydrogens (tertiary/aromatic N) is 1. The van der Waals surface area contributed by atoms with Gasteiger partial charge in [-0.05, 0) is 64.2 Å². The van der Waals surface area contributed by atoms with Crippen molar-refractivity contribution in [2.45, 2.75) is 46.1 Å². The number of rotatable bonds is 1. The van der Waals surface area contributed by atoms with Crippen molar-refractivity contribution in [2.24, 2.45) is 10.8 Å². The number of likely N-dealkylation sites (tertiary alicyclic amines) is 1. The average Bonchev–Trinajstić information content (AvgIpc) is 2.61. The van der Waals surface area contributed by atoms with Crippen LogP contribution in [0.3, 0.4) is 0 Å². The van der Waals surface area contributed by atoms with E-state index in [1.54, 1.807) is 12.1 Å². The average molecular weight is 354 g/mol. The molecule has 2 unspecified atom stereocenters. The predicted octanol–water partition coefficient (Wildman–Crippen LogP) is 4.63. The molecule has 1 saturated carbocycles. The number of hydrogen-bond acceptors (Lipinski definition) is 1. The van der Waals surface area contributed by atoms with E-state index in [2.05, 4.69) is 36.7 Å². The molecule has 0 N–H and O–H groups in total. The Morgan fingerprint density at radius 3 is 2.71 bits per heavy atom. The Morgan fingerprint density at radius 2 is 2.05 bits per heavy atom. The zero-order valence-electron chi connectivity index (χ0n) is 12.7. The molecule has 1 saturated heterocycles. The number of carbonyl (C=O) groups is 1. The number of benzene rings is 1. The van der Waals surface area contributed by atoms with E-state index in [-0.39, 0.29) is 22.6 Å². The fourth-order valence-corrected chi connectivity index (χ4v) is 4.87. The van der Waals surface area contributed by atoms with Crippen LogP contribution in [0.15, 0.2) is 22.7 Å². The molecule has 4 heteroatoms. The zero-order valence-corrected chi connectivity index (χ0v) is 14.3. The Balaban J connectivity index is 1.87. The van der Waals surface area contributed by atoms with Crippen molar-refractivity contribution in [2.75, 3.05) is 6.54 Å². The number of carbonyl (C=O) groups excluding carboxylic acids is 1. The van der Waals surface area contributed by atoms with Crippen molar-refractivity contribution in [1.29, 1.82) is 0 Å². The molecule has 2 bridgehead atoms. The third-order valence-corrected chi connectivity index (χ3v) is 5.45. The van der Waals surface area contributed by atoms with Crippen LogP contribution in [0, 0.1) is 16.6 Å². The Morgan fingerprint density at radius 1 is 1.33 bits per heavy atom. The lowest BCUT2D eigenvalue weighted by Crippen LogP contribution is -2.37. The number of hydrogen-bond donors (Lipinski definition) is 0. The smallest absolute Gasteiger partial charge is 0.254 e. The molecule has 2 atom stereocenters. The second kappa shape index (κ2) is 4.80. The quantitative estimate of drug-likeness (QED) is 0.720. The number of fused-ring (bicyclic) bond motifs is 2. The molecule has 1 aliphatic heterocycles. The second-order valence-electron chi connectivity index (χ2n) is 7.78. The first-order valence-electron chi connectivity index (χ1n) is 7.45. The molecule has 3 rings (SSSR count). The standard InChI is InChI=1S/C17H21BrFNO/c1-16(2)7-12-8-17(3,9-16)10-20(12)15(21)11-4-5-14(19)13(18)6-11/h4-6,12H,7-10H2,1-3H3. The second-order valence-corrected chi connectivity index (χ2v) is 8.63. The molecule has 2 aliphatic rings. The fourth-order valence-electron chi connectivity index (χ4n) is 4.49. The molecule has 1 amide bonds. The van der Waals surface area contributed by atoms with Gasteiger partial charge in [0.1, 0.15) is 5.82 Å². The van der Waals surface area contributed by atoms with Gasteiger partial charge in [0.2, 0.25) is 0 Å². The van der Waals surface area contributed by atoms with Gasteiger partial charge in [0, 0.05) is 18.2 Å². The lowest BCUT2D eigenvalue weighted by Gasteiger charge is -2.39. The third kappa shape index (κ3) is 2.75. The predicted molar refractivity (Wildman–Crippen MR) is 84.7 cm³/mol. The third-order valence-electron chi connectivity index (χ3n) is 4.84. The van der Waals surface area contributed by atoms with Crippen LogP contribution in [0.1, 0.15) is 50.4 Å². The summed E-state index contributed by atoms with van der Waals surface area (Å²) in [5.74, 6) is -0.304. The highest BCUT2D eigenvalue weighted by Crippen LogP contribution is 2.52. The van der Waals surface area contributed by atoms with Gasteiger partial charge in [-0.1, -0.05) is 20.8 Å². The largest absolute Gasteiger partial charge is 0.335 e. The van der Waals surface area contributed by atoms with Gasteiger partial charge in [0.25, 0.3) is 5.91 Å². The molecule has 0 spiro atoms. The monoisotopic (exact) mass is 353 g/mol. The minimum atomic E-state index is -0.334. The molecule has 1 aromatic carbocycles. The summed E-state index contributed by atoms with van der Waals surface area (Å²) >= 11 is 3.16. The van der Waals surface area contributed by atoms with Crippen LogP contribution in [0.4, 0.5) is 4.39 Å². The highest BCUT2D eigenvalue weighted by atomic mass is 79.9. The first-order chi connectivity index (χ1) is 9.69. The van der Waals surface area contributed by atoms with Crippen LogP contribution in [-0.4, -0.2) is 23.4 Å². The van der Waals surface area contributed by atoms with Gasteiger partial charge in [-0.15, -0.1) is 0 Å². The molecular weight excluding hydrogens is 333 g/mol. The summed E-state index contributed by atoms with van der Waals surface area (Å²) < 4.78 is 13.7. The summed E-state index contributed by atoms with van der Waals surface area (Å²) in [6, 6.07) is 4.84. The molecule has 2 fully saturated rings. The van der Waals surface area contributed by atoms with Crippen LogP contribution in [0.5, 0.6) is 0 Å². The maximum Gasteiger partial charge on any atom is 0.254 e. The molecule has 114 valence electrons. The lowest BCUT2D eigenvalue weighted by molar-refractivity contribution is 0.0708. The molecule has 21 heavy (non-hydrogen) atoms. The zero-order chi connectivity index (χ0) is 15.4. The minimum absolute atomic E-state index is 0.0297. The van der Waals surface area contributed by atoms with Gasteiger partial charge in [-0.3, -0.25) is 4.79 Å². The van der Waals surface area contributed by atoms with Crippen LogP contribution in [-0.2, 0) is 0 Å². The van der Waals surface area contributed by atoms with E-state index in [0.29, 0.717) is 16.1 Å². The van der Waals surface area contributed by atoms with Gasteiger partial charge in [-0.25, -0.2) is 4.39 Å². The first-order valence-corrected chi connectivity index (χ1v) is 8.25. The molecule has 2 nitrogen and oxygen atoms in total. The first kappa shape index (κ1) is 15.0. The van der Waals surface area contributed by atoms with Crippen molar-refractivity contribution < 1.29 is 9.18 Å². The SMILES string of the molecule is CC1(C)CC2CC(C)(CN2C(=O)c2ccc(F)c(Br)c2)C1. The maximum atomic E-state index is 13.3. The van der Waals surface area contributed by atoms with Crippen molar-refractivity contribution in [3.63, 3.8) is 0 Å². The summed E-state index contributed by atoms with van der Waals surface area (Å²) in [5, 5.41) is 0. The maximum absolute atomic E-state index is 13.3. The van der Waals surface area contributed by atoms with Crippen LogP contribution in [0.2, 0.25) is 0 Å². The van der Waals surface area contributed by atoms with Crippen LogP contribution in [0.25, 0.3) is 0 Å². The van der Waals surface area contributed by atoms with E-state index in [4.69, 9.17) is 0 Å². The van der Waals surface area contributed by atoms with Gasteiger partial charge < -0.3 is 4.90 Å². The van der Waals surface area contributed by atoms with Crippen LogP contribution < -0.4 is 0 Å². The molecular formula is C17H21BrFNO. The summed E-state index contributed by atoms with van der Waals surface area (Å²) in [6.45, 7) is 7.68. The topological polar surface area (TPSA) is 20.3 Å². The van der Waals surface area contributed by atoms with E-state index >= 15 is 0 Å². The van der Waals surface area contributed by atoms with Crippen molar-refractivity contribution in [1.82, 2.24) is 4.90 Å². The van der Waals surface area contributed by atoms with Crippen molar-refractivity contribution in [3.05, 3.63) is 34.1 Å². The summed E-state index contributed by atoms with van der Waals surface area (Å²) in [6.07, 6.45) is 3.30. The van der Waals surface area contributed by atoms with Gasteiger partial charge >= 0.3 is 0 Å². The lowest BCUT2D eigenvalue weighted by atomic mass is 9.65. The van der Waals surface area contributed by atoms with Gasteiger partial charge in [0.05, 0.1) is 4.47 Å². The fraction of sp³-hybridized carbons (Fsp3) is 0.588. The summed E-state index contributed by atoms with van der Waals surface area (Å²) in [5.41, 5.74) is 1.08. The Labute approximate surface area is 133 Å². The van der Waals surface area contributed by atoms with Crippen molar-refractivity contribution in [3.8, 4) is 0 Å². The Hall–Kier alpha value is -0.900. The Bertz CT molecular complexity index is 600. The molecule has 0 aromatic heterocycles. The van der Waals surface area contributed by atoms with Gasteiger partial charge in [-0.2, -0.15) is 0 Å². The molecule has 1 aliphatic carbocycles. The summed E-state index contributed by atoms with van der Waals surface area (Å²) in [4.78, 5) is 14.8. The highest BCUT2D eigenvalue weighted by Gasteiger charge is 2.51. The van der Waals surface area contributed by atoms with Gasteiger partial charge in [0.15, 0.2) is 0 Å².